The molecule has 1 amide bonds. The Morgan fingerprint density at radius 2 is 2.16 bits per heavy atom. The van der Waals surface area contributed by atoms with E-state index in [9.17, 15) is 9.59 Å². The number of likely N-dealkylation sites (tertiary alicyclic amines) is 1. The molecule has 2 heterocycles. The van der Waals surface area contributed by atoms with Crippen LogP contribution in [0.4, 0.5) is 0 Å². The van der Waals surface area contributed by atoms with Crippen LogP contribution in [0.15, 0.2) is 24.4 Å². The minimum atomic E-state index is -0.909. The Hall–Kier alpha value is -2.54. The fraction of sp³-hybridized carbons (Fsp3) is 0.444. The molecule has 1 aromatic carbocycles. The number of carbonyl (C=O) groups excluding carboxylic acids is 1. The van der Waals surface area contributed by atoms with Crippen LogP contribution in [0.2, 0.25) is 0 Å². The number of ether oxygens (including phenoxy) is 2. The van der Waals surface area contributed by atoms with Crippen LogP contribution in [0.25, 0.3) is 10.9 Å². The van der Waals surface area contributed by atoms with Crippen LogP contribution in [-0.2, 0) is 20.7 Å². The van der Waals surface area contributed by atoms with Crippen LogP contribution < -0.4 is 4.74 Å². The van der Waals surface area contributed by atoms with E-state index < -0.39 is 5.97 Å². The highest BCUT2D eigenvalue weighted by Gasteiger charge is 2.36. The van der Waals surface area contributed by atoms with Crippen LogP contribution in [0, 0.1) is 0 Å². The molecule has 0 saturated carbocycles. The van der Waals surface area contributed by atoms with Gasteiger partial charge in [-0.2, -0.15) is 0 Å². The molecule has 7 heteroatoms. The van der Waals surface area contributed by atoms with Crippen molar-refractivity contribution in [1.29, 1.82) is 0 Å². The molecule has 2 unspecified atom stereocenters. The van der Waals surface area contributed by atoms with Gasteiger partial charge in [-0.1, -0.05) is 6.07 Å². The van der Waals surface area contributed by atoms with Crippen LogP contribution in [0.3, 0.4) is 0 Å². The number of rotatable bonds is 6. The summed E-state index contributed by atoms with van der Waals surface area (Å²) in [5, 5.41) is 9.98. The van der Waals surface area contributed by atoms with Crippen molar-refractivity contribution in [1.82, 2.24) is 9.88 Å². The summed E-state index contributed by atoms with van der Waals surface area (Å²) in [7, 11) is 3.18. The molecule has 1 aromatic heterocycles. The fourth-order valence-corrected chi connectivity index (χ4v) is 3.54. The van der Waals surface area contributed by atoms with Gasteiger partial charge < -0.3 is 24.5 Å². The van der Waals surface area contributed by atoms with Crippen molar-refractivity contribution in [2.45, 2.75) is 31.4 Å². The Labute approximate surface area is 145 Å². The van der Waals surface area contributed by atoms with Crippen molar-refractivity contribution in [3.05, 3.63) is 30.0 Å². The second-order valence-corrected chi connectivity index (χ2v) is 6.26. The summed E-state index contributed by atoms with van der Waals surface area (Å²) in [4.78, 5) is 28.7. The molecule has 3 rings (SSSR count). The molecule has 2 atom stereocenters. The average Bonchev–Trinajstić information content (AvgIpc) is 3.18. The molecule has 1 fully saturated rings. The topological polar surface area (TPSA) is 91.9 Å². The van der Waals surface area contributed by atoms with Crippen LogP contribution >= 0.6 is 0 Å². The third-order valence-electron chi connectivity index (χ3n) is 4.75. The van der Waals surface area contributed by atoms with Crippen molar-refractivity contribution in [3.63, 3.8) is 0 Å². The van der Waals surface area contributed by atoms with E-state index >= 15 is 0 Å². The molecule has 0 bridgehead atoms. The highest BCUT2D eigenvalue weighted by Crippen LogP contribution is 2.30. The highest BCUT2D eigenvalue weighted by atomic mass is 16.5. The largest absolute Gasteiger partial charge is 0.496 e. The van der Waals surface area contributed by atoms with E-state index in [1.165, 1.54) is 0 Å². The number of nitrogens with one attached hydrogen (secondary N) is 1. The Morgan fingerprint density at radius 1 is 1.36 bits per heavy atom. The first kappa shape index (κ1) is 17.3. The monoisotopic (exact) mass is 346 g/mol. The van der Waals surface area contributed by atoms with E-state index in [0.717, 1.165) is 16.5 Å². The van der Waals surface area contributed by atoms with E-state index in [2.05, 4.69) is 4.98 Å². The second kappa shape index (κ2) is 7.14. The minimum Gasteiger partial charge on any atom is -0.496 e. The van der Waals surface area contributed by atoms with Gasteiger partial charge in [-0.3, -0.25) is 9.59 Å². The number of fused-ring (bicyclic) bond motifs is 1. The number of nitrogens with zero attached hydrogens (tertiary/aromatic N) is 1. The van der Waals surface area contributed by atoms with Gasteiger partial charge >= 0.3 is 5.97 Å². The summed E-state index contributed by atoms with van der Waals surface area (Å²) in [6.45, 7) is 0.423. The maximum Gasteiger partial charge on any atom is 0.305 e. The smallest absolute Gasteiger partial charge is 0.305 e. The predicted molar refractivity (Wildman–Crippen MR) is 91.7 cm³/mol. The van der Waals surface area contributed by atoms with Crippen molar-refractivity contribution in [2.75, 3.05) is 20.8 Å². The molecule has 2 N–H and O–H groups in total. The SMILES string of the molecule is COc1cccc2[nH]cc(CC(=O)N3CC(OC)CC3CC(=O)O)c12. The van der Waals surface area contributed by atoms with Crippen LogP contribution in [0.5, 0.6) is 5.75 Å². The third-order valence-corrected chi connectivity index (χ3v) is 4.75. The zero-order valence-electron chi connectivity index (χ0n) is 14.3. The number of carboxylic acid groups (broad SMARTS) is 1. The summed E-state index contributed by atoms with van der Waals surface area (Å²) in [6.07, 6.45) is 2.36. The van der Waals surface area contributed by atoms with Crippen LogP contribution in [0.1, 0.15) is 18.4 Å². The molecule has 1 saturated heterocycles. The van der Waals surface area contributed by atoms with Gasteiger partial charge in [0.25, 0.3) is 0 Å². The second-order valence-electron chi connectivity index (χ2n) is 6.26. The molecule has 7 nitrogen and oxygen atoms in total. The van der Waals surface area contributed by atoms with Gasteiger partial charge in [-0.05, 0) is 24.1 Å². The zero-order chi connectivity index (χ0) is 18.0. The summed E-state index contributed by atoms with van der Waals surface area (Å²) < 4.78 is 10.7. The number of hydrogen-bond acceptors (Lipinski definition) is 4. The van der Waals surface area contributed by atoms with E-state index in [1.54, 1.807) is 25.3 Å². The molecule has 2 aromatic rings. The Morgan fingerprint density at radius 3 is 2.84 bits per heavy atom. The number of H-pyrrole nitrogens is 1. The third kappa shape index (κ3) is 3.46. The van der Waals surface area contributed by atoms with Gasteiger partial charge in [0, 0.05) is 36.8 Å². The van der Waals surface area contributed by atoms with E-state index in [0.29, 0.717) is 18.7 Å². The molecule has 1 aliphatic heterocycles. The molecule has 25 heavy (non-hydrogen) atoms. The predicted octanol–water partition coefficient (Wildman–Crippen LogP) is 1.81. The highest BCUT2D eigenvalue weighted by molar-refractivity contribution is 5.93. The number of carbonyl (C=O) groups is 2. The number of hydrogen-bond donors (Lipinski definition) is 2. The first-order valence-electron chi connectivity index (χ1n) is 8.20. The maximum absolute atomic E-state index is 12.8. The van der Waals surface area contributed by atoms with Gasteiger partial charge in [0.05, 0.1) is 26.1 Å². The van der Waals surface area contributed by atoms with Gasteiger partial charge in [-0.25, -0.2) is 0 Å². The lowest BCUT2D eigenvalue weighted by molar-refractivity contribution is -0.139. The zero-order valence-corrected chi connectivity index (χ0v) is 14.3. The molecule has 134 valence electrons. The lowest BCUT2D eigenvalue weighted by atomic mass is 10.1. The first-order valence-corrected chi connectivity index (χ1v) is 8.20. The number of methoxy groups -OCH3 is 2. The first-order chi connectivity index (χ1) is 12.0. The van der Waals surface area contributed by atoms with Gasteiger partial charge in [0.15, 0.2) is 0 Å². The number of amides is 1. The molecule has 1 aliphatic rings. The summed E-state index contributed by atoms with van der Waals surface area (Å²) >= 11 is 0. The minimum absolute atomic E-state index is 0.0667. The maximum atomic E-state index is 12.8. The number of aromatic amines is 1. The van der Waals surface area contributed by atoms with Gasteiger partial charge in [0.1, 0.15) is 5.75 Å². The number of aromatic nitrogens is 1. The number of aliphatic carboxylic acids is 1. The quantitative estimate of drug-likeness (QED) is 0.832. The normalized spacial score (nSPS) is 20.2. The summed E-state index contributed by atoms with van der Waals surface area (Å²) in [5.41, 5.74) is 1.74. The van der Waals surface area contributed by atoms with E-state index in [4.69, 9.17) is 14.6 Å². The average molecular weight is 346 g/mol. The van der Waals surface area contributed by atoms with Gasteiger partial charge in [-0.15, -0.1) is 0 Å². The summed E-state index contributed by atoms with van der Waals surface area (Å²) in [5.74, 6) is -0.300. The molecule has 0 spiro atoms. The molecule has 0 aliphatic carbocycles. The van der Waals surface area contributed by atoms with Crippen molar-refractivity contribution in [3.8, 4) is 5.75 Å². The lowest BCUT2D eigenvalue weighted by Crippen LogP contribution is -2.38. The Balaban J connectivity index is 1.82. The van der Waals surface area contributed by atoms with E-state index in [1.807, 2.05) is 18.2 Å². The summed E-state index contributed by atoms with van der Waals surface area (Å²) in [6, 6.07) is 5.34. The van der Waals surface area contributed by atoms with Crippen LogP contribution in [-0.4, -0.2) is 59.8 Å². The lowest BCUT2D eigenvalue weighted by Gasteiger charge is -2.23. The van der Waals surface area contributed by atoms with Crippen molar-refractivity contribution in [2.24, 2.45) is 0 Å². The van der Waals surface area contributed by atoms with Crippen molar-refractivity contribution >= 4 is 22.8 Å². The number of carboxylic acids is 1. The molecular formula is C18H22N2O5. The molecular weight excluding hydrogens is 324 g/mol. The standard InChI is InChI=1S/C18H22N2O5/c1-24-13-7-12(8-17(22)23)20(10-13)16(21)6-11-9-19-14-4-3-5-15(25-2)18(11)14/h3-5,9,12-13,19H,6-8,10H2,1-2H3,(H,22,23). The van der Waals surface area contributed by atoms with E-state index in [-0.39, 0.29) is 30.9 Å². The Bertz CT molecular complexity index is 785. The molecule has 0 radical (unpaired) electrons. The fourth-order valence-electron chi connectivity index (χ4n) is 3.54. The van der Waals surface area contributed by atoms with Gasteiger partial charge in [0.2, 0.25) is 5.91 Å². The number of benzene rings is 1. The Kier molecular flexibility index (Phi) is 4.94. The van der Waals surface area contributed by atoms with Crippen molar-refractivity contribution < 1.29 is 24.2 Å².